The quantitative estimate of drug-likeness (QED) is 0.407. The number of nitrogens with zero attached hydrogens (tertiary/aromatic N) is 1. The van der Waals surface area contributed by atoms with Crippen molar-refractivity contribution in [2.75, 3.05) is 14.1 Å². The van der Waals surface area contributed by atoms with Gasteiger partial charge in [0.25, 0.3) is 0 Å². The van der Waals surface area contributed by atoms with Crippen molar-refractivity contribution >= 4 is 5.91 Å². The van der Waals surface area contributed by atoms with Gasteiger partial charge in [0.15, 0.2) is 0 Å². The number of carbonyl (C=O) groups is 1. The number of aliphatic hydroxyl groups is 2. The lowest BCUT2D eigenvalue weighted by Gasteiger charge is -2.20. The molecule has 4 nitrogen and oxygen atoms in total. The zero-order valence-corrected chi connectivity index (χ0v) is 18.3. The Hall–Kier alpha value is -1.13. The molecule has 1 fully saturated rings. The van der Waals surface area contributed by atoms with E-state index in [2.05, 4.69) is 26.0 Å². The minimum atomic E-state index is -0.416. The number of hydrogen-bond donors (Lipinski definition) is 2. The minimum Gasteiger partial charge on any atom is -0.392 e. The molecule has 0 heterocycles. The van der Waals surface area contributed by atoms with Crippen molar-refractivity contribution in [1.82, 2.24) is 4.90 Å². The molecule has 0 radical (unpaired) electrons. The van der Waals surface area contributed by atoms with Gasteiger partial charge in [-0.2, -0.15) is 0 Å². The summed E-state index contributed by atoms with van der Waals surface area (Å²) in [6, 6.07) is 0. The molecular formula is C24H41NO3. The highest BCUT2D eigenvalue weighted by Crippen LogP contribution is 2.48. The molecule has 0 aliphatic heterocycles. The van der Waals surface area contributed by atoms with Crippen LogP contribution in [0.5, 0.6) is 0 Å². The molecule has 1 saturated carbocycles. The van der Waals surface area contributed by atoms with E-state index in [1.165, 1.54) is 5.57 Å². The summed E-state index contributed by atoms with van der Waals surface area (Å²) in [6.07, 6.45) is 14.6. The van der Waals surface area contributed by atoms with Gasteiger partial charge in [0, 0.05) is 26.4 Å². The molecule has 2 rings (SSSR count). The maximum absolute atomic E-state index is 11.7. The number of fused-ring (bicyclic) bond motifs is 1. The molecule has 0 unspecified atom stereocenters. The molecule has 2 aliphatic rings. The van der Waals surface area contributed by atoms with E-state index >= 15 is 0 Å². The normalized spacial score (nSPS) is 29.0. The second-order valence-corrected chi connectivity index (χ2v) is 9.23. The standard InChI is InChI=1S/C24H41NO3/c1-5-6-9-17(2)22(26)13-12-20-21-15-18(14-19(21)16-23(20)27)10-7-8-11-24(28)25(3)4/h12-14,17,19-23,26-27H,5-11,15-16H2,1-4H3/b13-12+/t17-,19-,20+,21-,22-,23+/m0/s1. The fraction of sp³-hybridized carbons (Fsp3) is 0.792. The second kappa shape index (κ2) is 11.2. The van der Waals surface area contributed by atoms with Crippen LogP contribution in [0.3, 0.4) is 0 Å². The molecule has 28 heavy (non-hydrogen) atoms. The highest BCUT2D eigenvalue weighted by atomic mass is 16.3. The molecule has 1 amide bonds. The van der Waals surface area contributed by atoms with Crippen molar-refractivity contribution in [2.45, 2.75) is 83.8 Å². The average molecular weight is 392 g/mol. The van der Waals surface area contributed by atoms with E-state index in [0.29, 0.717) is 18.3 Å². The van der Waals surface area contributed by atoms with Crippen LogP contribution in [0, 0.1) is 23.7 Å². The van der Waals surface area contributed by atoms with Gasteiger partial charge in [-0.1, -0.05) is 50.5 Å². The number of aliphatic hydroxyl groups excluding tert-OH is 2. The van der Waals surface area contributed by atoms with E-state index in [-0.39, 0.29) is 23.8 Å². The van der Waals surface area contributed by atoms with Crippen molar-refractivity contribution in [3.63, 3.8) is 0 Å². The zero-order chi connectivity index (χ0) is 20.7. The molecule has 6 atom stereocenters. The van der Waals surface area contributed by atoms with E-state index in [9.17, 15) is 15.0 Å². The van der Waals surface area contributed by atoms with E-state index in [1.807, 2.05) is 20.2 Å². The highest BCUT2D eigenvalue weighted by Gasteiger charge is 2.43. The monoisotopic (exact) mass is 391 g/mol. The fourth-order valence-electron chi connectivity index (χ4n) is 4.77. The summed E-state index contributed by atoms with van der Waals surface area (Å²) in [4.78, 5) is 13.3. The Morgan fingerprint density at radius 3 is 2.75 bits per heavy atom. The first-order valence-electron chi connectivity index (χ1n) is 11.3. The largest absolute Gasteiger partial charge is 0.392 e. The summed E-state index contributed by atoms with van der Waals surface area (Å²) in [6.45, 7) is 4.28. The van der Waals surface area contributed by atoms with E-state index in [0.717, 1.165) is 51.4 Å². The maximum Gasteiger partial charge on any atom is 0.222 e. The van der Waals surface area contributed by atoms with E-state index < -0.39 is 6.10 Å². The van der Waals surface area contributed by atoms with Gasteiger partial charge in [0.2, 0.25) is 5.91 Å². The fourth-order valence-corrected chi connectivity index (χ4v) is 4.77. The van der Waals surface area contributed by atoms with Gasteiger partial charge in [-0.15, -0.1) is 0 Å². The number of amides is 1. The first kappa shape index (κ1) is 23.2. The summed E-state index contributed by atoms with van der Waals surface area (Å²) in [7, 11) is 3.62. The summed E-state index contributed by atoms with van der Waals surface area (Å²) in [5, 5.41) is 20.9. The smallest absolute Gasteiger partial charge is 0.222 e. The highest BCUT2D eigenvalue weighted by molar-refractivity contribution is 5.75. The Balaban J connectivity index is 1.80. The van der Waals surface area contributed by atoms with Crippen LogP contribution in [0.2, 0.25) is 0 Å². The van der Waals surface area contributed by atoms with Crippen LogP contribution in [0.1, 0.15) is 71.6 Å². The van der Waals surface area contributed by atoms with Crippen LogP contribution in [-0.2, 0) is 4.79 Å². The Morgan fingerprint density at radius 1 is 1.32 bits per heavy atom. The lowest BCUT2D eigenvalue weighted by molar-refractivity contribution is -0.128. The van der Waals surface area contributed by atoms with Crippen molar-refractivity contribution in [1.29, 1.82) is 0 Å². The first-order chi connectivity index (χ1) is 13.3. The predicted molar refractivity (Wildman–Crippen MR) is 115 cm³/mol. The van der Waals surface area contributed by atoms with Gasteiger partial charge >= 0.3 is 0 Å². The van der Waals surface area contributed by atoms with Crippen molar-refractivity contribution in [3.8, 4) is 0 Å². The zero-order valence-electron chi connectivity index (χ0n) is 18.3. The van der Waals surface area contributed by atoms with Gasteiger partial charge in [-0.25, -0.2) is 0 Å². The molecule has 2 aliphatic carbocycles. The van der Waals surface area contributed by atoms with Crippen molar-refractivity contribution in [3.05, 3.63) is 23.8 Å². The summed E-state index contributed by atoms with van der Waals surface area (Å²) >= 11 is 0. The second-order valence-electron chi connectivity index (χ2n) is 9.23. The lowest BCUT2D eigenvalue weighted by Crippen LogP contribution is -2.21. The predicted octanol–water partition coefficient (Wildman–Crippen LogP) is 4.32. The van der Waals surface area contributed by atoms with Crippen molar-refractivity contribution < 1.29 is 15.0 Å². The number of hydrogen-bond acceptors (Lipinski definition) is 3. The third-order valence-corrected chi connectivity index (χ3v) is 6.71. The van der Waals surface area contributed by atoms with Crippen LogP contribution in [0.15, 0.2) is 23.8 Å². The maximum atomic E-state index is 11.7. The molecule has 160 valence electrons. The average Bonchev–Trinajstić information content (AvgIpc) is 3.17. The SMILES string of the molecule is CCCC[C@H](C)[C@@H](O)/C=C/[C@@H]1[C@H]2CC(CCCCC(=O)N(C)C)=C[C@H]2C[C@H]1O. The minimum absolute atomic E-state index is 0.155. The van der Waals surface area contributed by atoms with E-state index in [4.69, 9.17) is 0 Å². The molecule has 0 aromatic heterocycles. The Labute approximate surface area is 171 Å². The van der Waals surface area contributed by atoms with Gasteiger partial charge < -0.3 is 15.1 Å². The molecule has 4 heteroatoms. The molecule has 0 aromatic carbocycles. The van der Waals surface area contributed by atoms with Gasteiger partial charge in [-0.3, -0.25) is 4.79 Å². The lowest BCUT2D eigenvalue weighted by atomic mass is 9.87. The topological polar surface area (TPSA) is 60.8 Å². The van der Waals surface area contributed by atoms with Crippen LogP contribution >= 0.6 is 0 Å². The summed E-state index contributed by atoms with van der Waals surface area (Å²) < 4.78 is 0. The Kier molecular flexibility index (Phi) is 9.23. The molecule has 0 spiro atoms. The molecule has 0 aromatic rings. The Morgan fingerprint density at radius 2 is 2.07 bits per heavy atom. The van der Waals surface area contributed by atoms with Crippen LogP contribution in [0.25, 0.3) is 0 Å². The number of unbranched alkanes of at least 4 members (excludes halogenated alkanes) is 2. The third-order valence-electron chi connectivity index (χ3n) is 6.71. The Bertz CT molecular complexity index is 554. The number of allylic oxidation sites excluding steroid dienone is 2. The van der Waals surface area contributed by atoms with E-state index in [1.54, 1.807) is 4.90 Å². The van der Waals surface area contributed by atoms with Crippen molar-refractivity contribution in [2.24, 2.45) is 23.7 Å². The first-order valence-corrected chi connectivity index (χ1v) is 11.3. The summed E-state index contributed by atoms with van der Waals surface area (Å²) in [5.74, 6) is 1.58. The molecule has 2 N–H and O–H groups in total. The van der Waals surface area contributed by atoms with Gasteiger partial charge in [-0.05, 0) is 56.3 Å². The van der Waals surface area contributed by atoms with Gasteiger partial charge in [0.05, 0.1) is 12.2 Å². The van der Waals surface area contributed by atoms with Gasteiger partial charge in [0.1, 0.15) is 0 Å². The number of rotatable bonds is 11. The van der Waals surface area contributed by atoms with Crippen LogP contribution < -0.4 is 0 Å². The molecule has 0 bridgehead atoms. The summed E-state index contributed by atoms with van der Waals surface area (Å²) in [5.41, 5.74) is 1.49. The molecular weight excluding hydrogens is 350 g/mol. The number of carbonyl (C=O) groups excluding carboxylic acids is 1. The molecule has 0 saturated heterocycles. The van der Waals surface area contributed by atoms with Crippen LogP contribution in [0.4, 0.5) is 0 Å². The third kappa shape index (κ3) is 6.45. The van der Waals surface area contributed by atoms with Crippen LogP contribution in [-0.4, -0.2) is 47.3 Å².